The number of carbonyl (C=O) groups is 3. The van der Waals surface area contributed by atoms with Gasteiger partial charge in [0, 0.05) is 18.3 Å². The van der Waals surface area contributed by atoms with Crippen molar-refractivity contribution in [2.75, 3.05) is 19.0 Å². The van der Waals surface area contributed by atoms with Gasteiger partial charge in [0.25, 0.3) is 11.8 Å². The number of halogens is 1. The topological polar surface area (TPSA) is 149 Å². The minimum absolute atomic E-state index is 0.0361. The van der Waals surface area contributed by atoms with Gasteiger partial charge in [-0.25, -0.2) is 4.39 Å². The number of nitrogens with zero attached hydrogens (tertiary/aromatic N) is 2. The Balaban J connectivity index is 1.85. The van der Waals surface area contributed by atoms with Crippen LogP contribution in [0, 0.1) is 17.1 Å². The highest BCUT2D eigenvalue weighted by Gasteiger charge is 2.49. The molecule has 0 radical (unpaired) electrons. The summed E-state index contributed by atoms with van der Waals surface area (Å²) < 4.78 is 13.7. The molecule has 3 rings (SSSR count). The van der Waals surface area contributed by atoms with Crippen molar-refractivity contribution >= 4 is 29.1 Å². The quantitative estimate of drug-likeness (QED) is 0.564. The molecule has 0 aromatic heterocycles. The van der Waals surface area contributed by atoms with E-state index in [9.17, 15) is 18.8 Å². The Hall–Kier alpha value is -4.10. The summed E-state index contributed by atoms with van der Waals surface area (Å²) in [6.07, 6.45) is 0. The monoisotopic (exact) mass is 408 g/mol. The van der Waals surface area contributed by atoms with Crippen molar-refractivity contribution in [2.45, 2.75) is 5.54 Å². The van der Waals surface area contributed by atoms with Crippen LogP contribution in [0.25, 0.3) is 0 Å². The molecule has 2 aromatic carbocycles. The summed E-state index contributed by atoms with van der Waals surface area (Å²) in [7, 11) is 1.42. The highest BCUT2D eigenvalue weighted by molar-refractivity contribution is 6.47. The summed E-state index contributed by atoms with van der Waals surface area (Å²) in [6.45, 7) is 0.0361. The molecule has 5 N–H and O–H groups in total. The number of hydrogen-bond donors (Lipinski definition) is 4. The van der Waals surface area contributed by atoms with E-state index in [0.29, 0.717) is 11.3 Å². The zero-order valence-corrected chi connectivity index (χ0v) is 15.8. The van der Waals surface area contributed by atoms with Crippen molar-refractivity contribution < 1.29 is 18.8 Å². The van der Waals surface area contributed by atoms with E-state index in [-0.39, 0.29) is 23.5 Å². The van der Waals surface area contributed by atoms with Gasteiger partial charge < -0.3 is 16.4 Å². The first-order chi connectivity index (χ1) is 14.3. The van der Waals surface area contributed by atoms with Gasteiger partial charge in [-0.1, -0.05) is 12.1 Å². The van der Waals surface area contributed by atoms with Crippen molar-refractivity contribution in [3.63, 3.8) is 0 Å². The SMILES string of the molecule is CNC(=O)C1=NCNC1(C(N)=O)c1ccc(NC(=O)c2ccc(C#N)c(F)c2)cc1. The van der Waals surface area contributed by atoms with Crippen LogP contribution in [-0.2, 0) is 15.1 Å². The van der Waals surface area contributed by atoms with Crippen LogP contribution in [0.1, 0.15) is 21.5 Å². The molecule has 0 aliphatic carbocycles. The van der Waals surface area contributed by atoms with Gasteiger partial charge in [0.1, 0.15) is 17.6 Å². The van der Waals surface area contributed by atoms with E-state index in [1.807, 2.05) is 0 Å². The number of aliphatic imine (C=N–C) groups is 1. The van der Waals surface area contributed by atoms with Crippen molar-refractivity contribution in [1.29, 1.82) is 5.26 Å². The van der Waals surface area contributed by atoms with Crippen LogP contribution in [0.3, 0.4) is 0 Å². The highest BCUT2D eigenvalue weighted by atomic mass is 19.1. The lowest BCUT2D eigenvalue weighted by atomic mass is 9.84. The summed E-state index contributed by atoms with van der Waals surface area (Å²) in [4.78, 5) is 40.8. The van der Waals surface area contributed by atoms with Gasteiger partial charge in [0.15, 0.2) is 5.54 Å². The maximum Gasteiger partial charge on any atom is 0.267 e. The molecule has 152 valence electrons. The number of nitrogens with two attached hydrogens (primary N) is 1. The van der Waals surface area contributed by atoms with Crippen LogP contribution < -0.4 is 21.7 Å². The number of hydrogen-bond acceptors (Lipinski definition) is 6. The van der Waals surface area contributed by atoms with E-state index in [0.717, 1.165) is 6.07 Å². The second-order valence-electron chi connectivity index (χ2n) is 6.37. The van der Waals surface area contributed by atoms with E-state index >= 15 is 0 Å². The number of primary amides is 1. The number of nitriles is 1. The Morgan fingerprint density at radius 3 is 2.47 bits per heavy atom. The van der Waals surface area contributed by atoms with Crippen LogP contribution in [0.5, 0.6) is 0 Å². The first-order valence-corrected chi connectivity index (χ1v) is 8.77. The van der Waals surface area contributed by atoms with Crippen molar-refractivity contribution in [1.82, 2.24) is 10.6 Å². The van der Waals surface area contributed by atoms with Gasteiger partial charge in [-0.3, -0.25) is 24.7 Å². The van der Waals surface area contributed by atoms with E-state index < -0.39 is 29.1 Å². The molecule has 1 heterocycles. The Morgan fingerprint density at radius 1 is 1.20 bits per heavy atom. The molecule has 2 aromatic rings. The normalized spacial score (nSPS) is 17.6. The molecule has 3 amide bonds. The second kappa shape index (κ2) is 8.10. The van der Waals surface area contributed by atoms with Crippen molar-refractivity contribution in [3.05, 3.63) is 65.0 Å². The van der Waals surface area contributed by atoms with Crippen molar-refractivity contribution in [2.24, 2.45) is 10.7 Å². The first kappa shape index (κ1) is 20.6. The Kier molecular flexibility index (Phi) is 5.57. The predicted molar refractivity (Wildman–Crippen MR) is 106 cm³/mol. The lowest BCUT2D eigenvalue weighted by Gasteiger charge is -2.27. The second-order valence-corrected chi connectivity index (χ2v) is 6.37. The lowest BCUT2D eigenvalue weighted by Crippen LogP contribution is -2.58. The number of anilines is 1. The fourth-order valence-electron chi connectivity index (χ4n) is 3.14. The minimum Gasteiger partial charge on any atom is -0.367 e. The molecular weight excluding hydrogens is 391 g/mol. The maximum atomic E-state index is 13.7. The van der Waals surface area contributed by atoms with Crippen LogP contribution in [0.2, 0.25) is 0 Å². The predicted octanol–water partition coefficient (Wildman–Crippen LogP) is 0.378. The lowest BCUT2D eigenvalue weighted by molar-refractivity contribution is -0.123. The average Bonchev–Trinajstić information content (AvgIpc) is 3.20. The molecule has 1 aliphatic heterocycles. The number of carbonyl (C=O) groups excluding carboxylic acids is 3. The van der Waals surface area contributed by atoms with Crippen LogP contribution in [0.15, 0.2) is 47.5 Å². The third-order valence-corrected chi connectivity index (χ3v) is 4.68. The summed E-state index contributed by atoms with van der Waals surface area (Å²) in [6, 6.07) is 11.3. The fraction of sp³-hybridized carbons (Fsp3) is 0.150. The molecule has 0 fully saturated rings. The molecule has 1 aliphatic rings. The molecule has 9 nitrogen and oxygen atoms in total. The van der Waals surface area contributed by atoms with Crippen molar-refractivity contribution in [3.8, 4) is 6.07 Å². The molecule has 1 atom stereocenters. The van der Waals surface area contributed by atoms with Gasteiger partial charge in [0.2, 0.25) is 5.91 Å². The smallest absolute Gasteiger partial charge is 0.267 e. The van der Waals surface area contributed by atoms with E-state index in [1.54, 1.807) is 6.07 Å². The number of rotatable bonds is 5. The minimum atomic E-state index is -1.60. The molecule has 0 spiro atoms. The number of nitrogens with one attached hydrogen (secondary N) is 3. The van der Waals surface area contributed by atoms with E-state index in [1.165, 1.54) is 43.4 Å². The van der Waals surface area contributed by atoms with E-state index in [2.05, 4.69) is 20.9 Å². The third kappa shape index (κ3) is 3.49. The summed E-state index contributed by atoms with van der Waals surface area (Å²) in [5.74, 6) is -2.72. The van der Waals surface area contributed by atoms with Crippen LogP contribution >= 0.6 is 0 Å². The molecular formula is C20H17FN6O3. The zero-order valence-electron chi connectivity index (χ0n) is 15.8. The summed E-state index contributed by atoms with van der Waals surface area (Å²) in [5, 5.41) is 16.6. The van der Waals surface area contributed by atoms with E-state index in [4.69, 9.17) is 11.0 Å². The van der Waals surface area contributed by atoms with Gasteiger partial charge in [-0.15, -0.1) is 0 Å². The van der Waals surface area contributed by atoms with Gasteiger partial charge in [-0.2, -0.15) is 5.26 Å². The van der Waals surface area contributed by atoms with Crippen LogP contribution in [0.4, 0.5) is 10.1 Å². The van der Waals surface area contributed by atoms with Gasteiger partial charge in [0.05, 0.1) is 12.2 Å². The van der Waals surface area contributed by atoms with Gasteiger partial charge in [-0.05, 0) is 35.9 Å². The number of benzene rings is 2. The third-order valence-electron chi connectivity index (χ3n) is 4.68. The molecule has 0 saturated heterocycles. The highest BCUT2D eigenvalue weighted by Crippen LogP contribution is 2.28. The Bertz CT molecular complexity index is 1110. The Labute approximate surface area is 170 Å². The molecule has 10 heteroatoms. The maximum absolute atomic E-state index is 13.7. The standard InChI is InChI=1S/C20H17FN6O3/c1-24-18(29)16-20(19(23)30,26-10-25-16)13-4-6-14(7-5-13)27-17(28)11-2-3-12(9-22)15(21)8-11/h2-8,26H,10H2,1H3,(H2,23,30)(H,24,29)(H,27,28). The molecule has 0 saturated carbocycles. The zero-order chi connectivity index (χ0) is 21.9. The average molecular weight is 408 g/mol. The Morgan fingerprint density at radius 2 is 1.90 bits per heavy atom. The first-order valence-electron chi connectivity index (χ1n) is 8.77. The van der Waals surface area contributed by atoms with Crippen LogP contribution in [-0.4, -0.2) is 37.1 Å². The number of amides is 3. The molecule has 0 bridgehead atoms. The summed E-state index contributed by atoms with van der Waals surface area (Å²) >= 11 is 0. The van der Waals surface area contributed by atoms with Gasteiger partial charge >= 0.3 is 0 Å². The fourth-order valence-corrected chi connectivity index (χ4v) is 3.14. The summed E-state index contributed by atoms with van der Waals surface area (Å²) in [5.41, 5.74) is 4.55. The molecule has 1 unspecified atom stereocenters. The molecule has 30 heavy (non-hydrogen) atoms. The largest absolute Gasteiger partial charge is 0.367 e.